The number of likely N-dealkylation sites (N-methyl/N-ethyl adjacent to an activating group) is 1. The first-order valence-corrected chi connectivity index (χ1v) is 7.42. The number of nitrogens with zero attached hydrogens (tertiary/aromatic N) is 3. The summed E-state index contributed by atoms with van der Waals surface area (Å²) in [5, 5.41) is 12.3. The fourth-order valence-electron chi connectivity index (χ4n) is 1.51. The Morgan fingerprint density at radius 3 is 2.46 bits per heavy atom. The second-order valence-electron chi connectivity index (χ2n) is 5.98. The number of nitrogens with one attached hydrogen (secondary N) is 2. The molecule has 0 aliphatic carbocycles. The number of aromatic nitrogens is 2. The molecule has 0 bridgehead atoms. The smallest absolute Gasteiger partial charge is 0.326 e. The lowest BCUT2D eigenvalue weighted by molar-refractivity contribution is -0.146. The Balaban J connectivity index is 2.36. The predicted molar refractivity (Wildman–Crippen MR) is 87.7 cm³/mol. The van der Waals surface area contributed by atoms with Crippen molar-refractivity contribution < 1.29 is 19.1 Å². The van der Waals surface area contributed by atoms with E-state index in [0.717, 1.165) is 0 Å². The van der Waals surface area contributed by atoms with Crippen LogP contribution in [0.3, 0.4) is 0 Å². The highest BCUT2D eigenvalue weighted by Gasteiger charge is 2.17. The zero-order chi connectivity index (χ0) is 18.3. The van der Waals surface area contributed by atoms with E-state index in [1.54, 1.807) is 33.9 Å². The molecule has 1 heterocycles. The molecule has 0 unspecified atom stereocenters. The molecular formula is C14H20ClN5O4. The van der Waals surface area contributed by atoms with Gasteiger partial charge in [0.15, 0.2) is 17.6 Å². The van der Waals surface area contributed by atoms with Gasteiger partial charge in [0.1, 0.15) is 6.54 Å². The van der Waals surface area contributed by atoms with Gasteiger partial charge in [0.05, 0.1) is 0 Å². The second kappa shape index (κ2) is 8.44. The van der Waals surface area contributed by atoms with Crippen LogP contribution in [0.4, 0.5) is 10.6 Å². The minimum Gasteiger partial charge on any atom is -0.454 e. The van der Waals surface area contributed by atoms with Crippen molar-refractivity contribution in [3.05, 3.63) is 17.3 Å². The van der Waals surface area contributed by atoms with E-state index in [0.29, 0.717) is 5.82 Å². The molecule has 0 spiro atoms. The monoisotopic (exact) mass is 357 g/mol. The summed E-state index contributed by atoms with van der Waals surface area (Å²) in [5.41, 5.74) is -0.483. The van der Waals surface area contributed by atoms with Gasteiger partial charge in [0.25, 0.3) is 5.91 Å². The van der Waals surface area contributed by atoms with E-state index in [-0.39, 0.29) is 11.7 Å². The van der Waals surface area contributed by atoms with Gasteiger partial charge in [-0.05, 0) is 32.9 Å². The molecule has 10 heteroatoms. The van der Waals surface area contributed by atoms with Crippen LogP contribution >= 0.6 is 11.6 Å². The quantitative estimate of drug-likeness (QED) is 0.747. The molecular weight excluding hydrogens is 338 g/mol. The van der Waals surface area contributed by atoms with Gasteiger partial charge in [0.2, 0.25) is 0 Å². The van der Waals surface area contributed by atoms with Crippen LogP contribution in [0.5, 0.6) is 0 Å². The number of esters is 1. The highest BCUT2D eigenvalue weighted by atomic mass is 35.5. The first-order chi connectivity index (χ1) is 11.1. The van der Waals surface area contributed by atoms with Crippen LogP contribution in [0.15, 0.2) is 12.1 Å². The summed E-state index contributed by atoms with van der Waals surface area (Å²) in [6.45, 7) is 4.61. The normalized spacial score (nSPS) is 10.7. The van der Waals surface area contributed by atoms with Crippen molar-refractivity contribution in [3.63, 3.8) is 0 Å². The summed E-state index contributed by atoms with van der Waals surface area (Å²) < 4.78 is 4.80. The Kier molecular flexibility index (Phi) is 6.90. The summed E-state index contributed by atoms with van der Waals surface area (Å²) >= 11 is 5.63. The Morgan fingerprint density at radius 2 is 1.92 bits per heavy atom. The Labute approximate surface area is 144 Å². The van der Waals surface area contributed by atoms with Gasteiger partial charge < -0.3 is 15.0 Å². The molecule has 1 rings (SSSR count). The number of halogens is 1. The van der Waals surface area contributed by atoms with Gasteiger partial charge in [-0.1, -0.05) is 11.6 Å². The topological polar surface area (TPSA) is 114 Å². The number of urea groups is 1. The molecule has 1 aromatic rings. The molecule has 9 nitrogen and oxygen atoms in total. The van der Waals surface area contributed by atoms with Crippen molar-refractivity contribution in [1.29, 1.82) is 0 Å². The second-order valence-corrected chi connectivity index (χ2v) is 6.37. The standard InChI is InChI=1S/C14H20ClN5O4/c1-14(2,3)17-13(23)16-11(21)8-24-12(22)7-20(4)10-6-5-9(15)18-19-10/h5-6H,7-8H2,1-4H3,(H2,16,17,21,23). The van der Waals surface area contributed by atoms with E-state index in [2.05, 4.69) is 20.8 Å². The average Bonchev–Trinajstić information content (AvgIpc) is 2.43. The zero-order valence-corrected chi connectivity index (χ0v) is 14.7. The molecule has 1 aromatic heterocycles. The molecule has 0 aliphatic heterocycles. The van der Waals surface area contributed by atoms with Crippen molar-refractivity contribution in [2.75, 3.05) is 25.1 Å². The molecule has 0 saturated carbocycles. The number of hydrogen-bond acceptors (Lipinski definition) is 7. The van der Waals surface area contributed by atoms with Gasteiger partial charge in [-0.3, -0.25) is 14.9 Å². The van der Waals surface area contributed by atoms with Crippen molar-refractivity contribution in [3.8, 4) is 0 Å². The number of carbonyl (C=O) groups excluding carboxylic acids is 3. The molecule has 0 atom stereocenters. The number of hydrogen-bond donors (Lipinski definition) is 2. The van der Waals surface area contributed by atoms with Gasteiger partial charge in [0, 0.05) is 12.6 Å². The molecule has 0 saturated heterocycles. The third-order valence-corrected chi connectivity index (χ3v) is 2.68. The highest BCUT2D eigenvalue weighted by Crippen LogP contribution is 2.09. The molecule has 0 aromatic carbocycles. The van der Waals surface area contributed by atoms with Crippen molar-refractivity contribution in [2.24, 2.45) is 0 Å². The Bertz CT molecular complexity index is 600. The number of carbonyl (C=O) groups is 3. The van der Waals surface area contributed by atoms with Crippen LogP contribution in [0.25, 0.3) is 0 Å². The first-order valence-electron chi connectivity index (χ1n) is 7.05. The van der Waals surface area contributed by atoms with Gasteiger partial charge >= 0.3 is 12.0 Å². The number of imide groups is 1. The lowest BCUT2D eigenvalue weighted by atomic mass is 10.1. The molecule has 2 N–H and O–H groups in total. The van der Waals surface area contributed by atoms with Crippen molar-refractivity contribution in [2.45, 2.75) is 26.3 Å². The summed E-state index contributed by atoms with van der Waals surface area (Å²) in [5.74, 6) is -0.954. The van der Waals surface area contributed by atoms with Gasteiger partial charge in [-0.2, -0.15) is 0 Å². The molecule has 3 amide bonds. The minimum absolute atomic E-state index is 0.141. The number of amides is 3. The number of rotatable bonds is 5. The van der Waals surface area contributed by atoms with E-state index in [1.807, 2.05) is 0 Å². The third-order valence-electron chi connectivity index (χ3n) is 2.48. The van der Waals surface area contributed by atoms with Crippen LogP contribution in [0.2, 0.25) is 5.15 Å². The van der Waals surface area contributed by atoms with Gasteiger partial charge in [-0.25, -0.2) is 4.79 Å². The Morgan fingerprint density at radius 1 is 1.25 bits per heavy atom. The molecule has 24 heavy (non-hydrogen) atoms. The summed E-state index contributed by atoms with van der Waals surface area (Å²) in [7, 11) is 1.61. The summed E-state index contributed by atoms with van der Waals surface area (Å²) in [6.07, 6.45) is 0. The summed E-state index contributed by atoms with van der Waals surface area (Å²) in [4.78, 5) is 36.2. The van der Waals surface area contributed by atoms with E-state index in [4.69, 9.17) is 16.3 Å². The molecule has 132 valence electrons. The van der Waals surface area contributed by atoms with E-state index in [1.165, 1.54) is 11.0 Å². The van der Waals surface area contributed by atoms with E-state index < -0.39 is 30.1 Å². The van der Waals surface area contributed by atoms with Crippen LogP contribution < -0.4 is 15.5 Å². The lowest BCUT2D eigenvalue weighted by Crippen LogP contribution is -2.49. The van der Waals surface area contributed by atoms with Crippen LogP contribution in [0, 0.1) is 0 Å². The minimum atomic E-state index is -0.723. The Hall–Kier alpha value is -2.42. The van der Waals surface area contributed by atoms with Crippen molar-refractivity contribution >= 4 is 35.3 Å². The lowest BCUT2D eigenvalue weighted by Gasteiger charge is -2.20. The largest absolute Gasteiger partial charge is 0.454 e. The highest BCUT2D eigenvalue weighted by molar-refractivity contribution is 6.29. The van der Waals surface area contributed by atoms with Gasteiger partial charge in [-0.15, -0.1) is 10.2 Å². The van der Waals surface area contributed by atoms with E-state index >= 15 is 0 Å². The van der Waals surface area contributed by atoms with Crippen LogP contribution in [-0.4, -0.2) is 53.8 Å². The van der Waals surface area contributed by atoms with Crippen molar-refractivity contribution in [1.82, 2.24) is 20.8 Å². The van der Waals surface area contributed by atoms with Crippen LogP contribution in [0.1, 0.15) is 20.8 Å². The summed E-state index contributed by atoms with van der Waals surface area (Å²) in [6, 6.07) is 2.47. The molecule has 0 aliphatic rings. The number of anilines is 1. The fourth-order valence-corrected chi connectivity index (χ4v) is 1.61. The third kappa shape index (κ3) is 7.73. The maximum absolute atomic E-state index is 11.7. The predicted octanol–water partition coefficient (Wildman–Crippen LogP) is 0.734. The zero-order valence-electron chi connectivity index (χ0n) is 13.9. The van der Waals surface area contributed by atoms with E-state index in [9.17, 15) is 14.4 Å². The SMILES string of the molecule is CN(CC(=O)OCC(=O)NC(=O)NC(C)(C)C)c1ccc(Cl)nn1. The number of ether oxygens (including phenoxy) is 1. The van der Waals surface area contributed by atoms with Crippen LogP contribution in [-0.2, 0) is 14.3 Å². The first kappa shape index (κ1) is 19.6. The maximum Gasteiger partial charge on any atom is 0.326 e. The molecule has 0 fully saturated rings. The fraction of sp³-hybridized carbons (Fsp3) is 0.500. The molecule has 0 radical (unpaired) electrons. The maximum atomic E-state index is 11.7. The average molecular weight is 358 g/mol.